The lowest BCUT2D eigenvalue weighted by Crippen LogP contribution is -2.39. The molecule has 0 radical (unpaired) electrons. The Morgan fingerprint density at radius 3 is 2.55 bits per heavy atom. The Bertz CT molecular complexity index is 981. The molecule has 0 aliphatic rings. The summed E-state index contributed by atoms with van der Waals surface area (Å²) in [5.41, 5.74) is 3.17. The van der Waals surface area contributed by atoms with E-state index in [2.05, 4.69) is 16.4 Å². The molecule has 1 aromatic heterocycles. The first-order valence-corrected chi connectivity index (χ1v) is 9.35. The average molecular weight is 395 g/mol. The lowest BCUT2D eigenvalue weighted by atomic mass is 9.90. The van der Waals surface area contributed by atoms with Crippen molar-refractivity contribution in [3.05, 3.63) is 65.9 Å². The number of nitrogens with one attached hydrogen (secondary N) is 2. The number of aromatic nitrogens is 1. The molecule has 1 amide bonds. The van der Waals surface area contributed by atoms with Gasteiger partial charge in [0.25, 0.3) is 0 Å². The molecule has 3 rings (SSSR count). The molecule has 7 nitrogen and oxygen atoms in total. The quantitative estimate of drug-likeness (QED) is 0.517. The van der Waals surface area contributed by atoms with Crippen LogP contribution in [-0.4, -0.2) is 60.7 Å². The Morgan fingerprint density at radius 1 is 1.14 bits per heavy atom. The average Bonchev–Trinajstić information content (AvgIpc) is 3.12. The van der Waals surface area contributed by atoms with Gasteiger partial charge in [0.2, 0.25) is 5.91 Å². The fourth-order valence-electron chi connectivity index (χ4n) is 3.43. The Hall–Kier alpha value is -3.32. The molecule has 29 heavy (non-hydrogen) atoms. The van der Waals surface area contributed by atoms with Crippen LogP contribution in [0.3, 0.4) is 0 Å². The zero-order valence-corrected chi connectivity index (χ0v) is 16.5. The summed E-state index contributed by atoms with van der Waals surface area (Å²) in [6.45, 7) is 0.237. The number of H-pyrrole nitrogens is 1. The van der Waals surface area contributed by atoms with Crippen molar-refractivity contribution in [3.8, 4) is 5.75 Å². The number of aliphatic carboxylic acids is 1. The normalized spacial score (nSPS) is 12.1. The number of carbonyl (C=O) groups is 2. The third kappa shape index (κ3) is 5.14. The van der Waals surface area contributed by atoms with Gasteiger partial charge in [-0.25, -0.2) is 0 Å². The van der Waals surface area contributed by atoms with Crippen LogP contribution in [0.15, 0.2) is 54.7 Å². The third-order valence-electron chi connectivity index (χ3n) is 4.84. The number of benzene rings is 2. The number of amides is 1. The second kappa shape index (κ2) is 9.25. The Morgan fingerprint density at radius 2 is 1.86 bits per heavy atom. The van der Waals surface area contributed by atoms with Crippen LogP contribution < -0.4 is 10.1 Å². The number of carboxylic acids is 1. The molecular formula is C22H25N3O4. The molecule has 1 heterocycles. The molecule has 2 aromatic carbocycles. The summed E-state index contributed by atoms with van der Waals surface area (Å²) in [4.78, 5) is 27.9. The molecular weight excluding hydrogens is 370 g/mol. The Kier molecular flexibility index (Phi) is 6.51. The molecule has 0 aliphatic heterocycles. The number of carbonyl (C=O) groups excluding carboxylic acids is 1. The van der Waals surface area contributed by atoms with E-state index < -0.39 is 5.97 Å². The highest BCUT2D eigenvalue weighted by Gasteiger charge is 2.20. The molecule has 0 fully saturated rings. The van der Waals surface area contributed by atoms with Crippen LogP contribution in [0.5, 0.6) is 5.75 Å². The number of nitrogens with zero attached hydrogens (tertiary/aromatic N) is 1. The van der Waals surface area contributed by atoms with Crippen LogP contribution in [0.4, 0.5) is 0 Å². The first kappa shape index (κ1) is 20.4. The summed E-state index contributed by atoms with van der Waals surface area (Å²) in [6, 6.07) is 15.8. The lowest BCUT2D eigenvalue weighted by Gasteiger charge is -2.20. The summed E-state index contributed by atoms with van der Waals surface area (Å²) in [7, 11) is 3.23. The first-order chi connectivity index (χ1) is 14.0. The molecule has 1 unspecified atom stereocenters. The smallest absolute Gasteiger partial charge is 0.317 e. The zero-order valence-electron chi connectivity index (χ0n) is 16.5. The molecule has 1 atom stereocenters. The number of methoxy groups -OCH3 is 1. The summed E-state index contributed by atoms with van der Waals surface area (Å²) < 4.78 is 5.25. The highest BCUT2D eigenvalue weighted by Crippen LogP contribution is 2.31. The van der Waals surface area contributed by atoms with E-state index in [4.69, 9.17) is 9.84 Å². The fraction of sp³-hybridized carbons (Fsp3) is 0.273. The van der Waals surface area contributed by atoms with E-state index in [0.29, 0.717) is 6.54 Å². The van der Waals surface area contributed by atoms with Crippen molar-refractivity contribution in [1.29, 1.82) is 0 Å². The Labute approximate surface area is 169 Å². The minimum atomic E-state index is -0.963. The van der Waals surface area contributed by atoms with Crippen molar-refractivity contribution in [2.45, 2.75) is 5.92 Å². The van der Waals surface area contributed by atoms with Gasteiger partial charge < -0.3 is 20.1 Å². The molecule has 0 saturated heterocycles. The maximum absolute atomic E-state index is 12.3. The van der Waals surface area contributed by atoms with Crippen LogP contribution in [0.2, 0.25) is 0 Å². The largest absolute Gasteiger partial charge is 0.497 e. The zero-order chi connectivity index (χ0) is 20.8. The van der Waals surface area contributed by atoms with Crippen LogP contribution in [0, 0.1) is 0 Å². The number of rotatable bonds is 9. The maximum Gasteiger partial charge on any atom is 0.317 e. The third-order valence-corrected chi connectivity index (χ3v) is 4.84. The van der Waals surface area contributed by atoms with Gasteiger partial charge in [-0.05, 0) is 36.4 Å². The van der Waals surface area contributed by atoms with Crippen molar-refractivity contribution in [2.24, 2.45) is 0 Å². The van der Waals surface area contributed by atoms with Crippen molar-refractivity contribution in [3.63, 3.8) is 0 Å². The minimum Gasteiger partial charge on any atom is -0.497 e. The van der Waals surface area contributed by atoms with Crippen molar-refractivity contribution >= 4 is 22.8 Å². The van der Waals surface area contributed by atoms with Gasteiger partial charge in [0.15, 0.2) is 0 Å². The summed E-state index contributed by atoms with van der Waals surface area (Å²) in [6.07, 6.45) is 1.97. The van der Waals surface area contributed by atoms with Gasteiger partial charge in [0, 0.05) is 29.6 Å². The summed E-state index contributed by atoms with van der Waals surface area (Å²) in [5.74, 6) is -0.473. The number of hydrogen-bond donors (Lipinski definition) is 3. The molecule has 3 N–H and O–H groups in total. The number of carboxylic acid groups (broad SMARTS) is 1. The predicted molar refractivity (Wildman–Crippen MR) is 111 cm³/mol. The van der Waals surface area contributed by atoms with Gasteiger partial charge in [-0.1, -0.05) is 30.3 Å². The van der Waals surface area contributed by atoms with Crippen molar-refractivity contribution < 1.29 is 19.4 Å². The highest BCUT2D eigenvalue weighted by molar-refractivity contribution is 5.84. The molecule has 152 valence electrons. The van der Waals surface area contributed by atoms with Gasteiger partial charge in [0.05, 0.1) is 20.2 Å². The van der Waals surface area contributed by atoms with Crippen LogP contribution in [0.1, 0.15) is 17.0 Å². The van der Waals surface area contributed by atoms with E-state index >= 15 is 0 Å². The minimum absolute atomic E-state index is 0.0233. The number of ether oxygens (including phenoxy) is 1. The van der Waals surface area contributed by atoms with E-state index in [-0.39, 0.29) is 24.9 Å². The number of aromatic amines is 1. The van der Waals surface area contributed by atoms with Crippen LogP contribution in [-0.2, 0) is 9.59 Å². The predicted octanol–water partition coefficient (Wildman–Crippen LogP) is 2.44. The van der Waals surface area contributed by atoms with Crippen molar-refractivity contribution in [1.82, 2.24) is 15.2 Å². The molecule has 0 saturated carbocycles. The Balaban J connectivity index is 1.81. The monoisotopic (exact) mass is 395 g/mol. The van der Waals surface area contributed by atoms with Gasteiger partial charge in [-0.3, -0.25) is 14.5 Å². The highest BCUT2D eigenvalue weighted by atomic mass is 16.5. The molecule has 0 bridgehead atoms. The van der Waals surface area contributed by atoms with Gasteiger partial charge in [-0.15, -0.1) is 0 Å². The number of hydrogen-bond acceptors (Lipinski definition) is 4. The van der Waals surface area contributed by atoms with E-state index in [1.54, 1.807) is 14.2 Å². The maximum atomic E-state index is 12.3. The van der Waals surface area contributed by atoms with Crippen LogP contribution in [0.25, 0.3) is 10.9 Å². The molecule has 0 spiro atoms. The van der Waals surface area contributed by atoms with E-state index in [1.165, 1.54) is 4.90 Å². The fourth-order valence-corrected chi connectivity index (χ4v) is 3.43. The summed E-state index contributed by atoms with van der Waals surface area (Å²) >= 11 is 0. The second-order valence-electron chi connectivity index (χ2n) is 6.99. The van der Waals surface area contributed by atoms with E-state index in [0.717, 1.165) is 27.8 Å². The molecule has 0 aliphatic carbocycles. The first-order valence-electron chi connectivity index (χ1n) is 9.35. The second-order valence-corrected chi connectivity index (χ2v) is 6.99. The number of likely N-dealkylation sites (N-methyl/N-ethyl adjacent to an activating group) is 1. The lowest BCUT2D eigenvalue weighted by molar-refractivity contribution is -0.138. The standard InChI is InChI=1S/C22H25N3O4/c1-25(14-22(27)28)13-21(26)24-11-18(15-7-9-16(29-2)10-8-15)19-12-23-20-6-4-3-5-17(19)20/h3-10,12,18,23H,11,13-14H2,1-2H3,(H,24,26)(H,27,28). The summed E-state index contributed by atoms with van der Waals surface area (Å²) in [5, 5.41) is 12.9. The molecule has 3 aromatic rings. The number of fused-ring (bicyclic) bond motifs is 1. The van der Waals surface area contributed by atoms with E-state index in [1.807, 2.05) is 48.7 Å². The van der Waals surface area contributed by atoms with Crippen molar-refractivity contribution in [2.75, 3.05) is 33.8 Å². The number of para-hydroxylation sites is 1. The van der Waals surface area contributed by atoms with Gasteiger partial charge in [0.1, 0.15) is 5.75 Å². The van der Waals surface area contributed by atoms with E-state index in [9.17, 15) is 9.59 Å². The van der Waals surface area contributed by atoms with Gasteiger partial charge in [-0.2, -0.15) is 0 Å². The molecule has 7 heteroatoms. The topological polar surface area (TPSA) is 94.7 Å². The van der Waals surface area contributed by atoms with Gasteiger partial charge >= 0.3 is 5.97 Å². The van der Waals surface area contributed by atoms with Crippen LogP contribution >= 0.6 is 0 Å². The SMILES string of the molecule is COc1ccc(C(CNC(=O)CN(C)CC(=O)O)c2c[nH]c3ccccc23)cc1.